The zero-order valence-electron chi connectivity index (χ0n) is 10.9. The number of carboxylic acid groups (broad SMARTS) is 1. The lowest BCUT2D eigenvalue weighted by atomic mass is 9.95. The lowest BCUT2D eigenvalue weighted by Crippen LogP contribution is -2.34. The van der Waals surface area contributed by atoms with Crippen LogP contribution in [0.3, 0.4) is 0 Å². The molecule has 20 heavy (non-hydrogen) atoms. The molecule has 0 unspecified atom stereocenters. The highest BCUT2D eigenvalue weighted by atomic mass is 19.1. The smallest absolute Gasteiger partial charge is 0.307 e. The van der Waals surface area contributed by atoms with Gasteiger partial charge in [-0.05, 0) is 30.9 Å². The molecule has 1 amide bonds. The highest BCUT2D eigenvalue weighted by Gasteiger charge is 2.50. The third-order valence-corrected chi connectivity index (χ3v) is 4.34. The van der Waals surface area contributed by atoms with Crippen LogP contribution in [0.2, 0.25) is 0 Å². The fourth-order valence-corrected chi connectivity index (χ4v) is 2.73. The van der Waals surface area contributed by atoms with Gasteiger partial charge in [-0.1, -0.05) is 18.2 Å². The Morgan fingerprint density at radius 2 is 2.00 bits per heavy atom. The number of nitrogens with one attached hydrogen (secondary N) is 1. The molecule has 4 nitrogen and oxygen atoms in total. The van der Waals surface area contributed by atoms with Crippen LogP contribution >= 0.6 is 0 Å². The third-order valence-electron chi connectivity index (χ3n) is 4.34. The van der Waals surface area contributed by atoms with Crippen molar-refractivity contribution in [3.8, 4) is 0 Å². The van der Waals surface area contributed by atoms with Gasteiger partial charge < -0.3 is 10.4 Å². The molecular weight excluding hydrogens is 261 g/mol. The monoisotopic (exact) mass is 277 g/mol. The van der Waals surface area contributed by atoms with Crippen LogP contribution in [-0.2, 0) is 15.0 Å². The molecule has 5 heteroatoms. The SMILES string of the molecule is O=C(NCC1(c2ccccc2F)CC1)[C@H]1C[C@H]1C(=O)O. The summed E-state index contributed by atoms with van der Waals surface area (Å²) in [5, 5.41) is 11.6. The lowest BCUT2D eigenvalue weighted by molar-refractivity contribution is -0.140. The van der Waals surface area contributed by atoms with Crippen molar-refractivity contribution in [1.82, 2.24) is 5.32 Å². The van der Waals surface area contributed by atoms with E-state index in [0.717, 1.165) is 12.8 Å². The molecule has 0 radical (unpaired) electrons. The fraction of sp³-hybridized carbons (Fsp3) is 0.467. The maximum Gasteiger partial charge on any atom is 0.307 e. The van der Waals surface area contributed by atoms with Crippen LogP contribution in [0.25, 0.3) is 0 Å². The van der Waals surface area contributed by atoms with Crippen molar-refractivity contribution in [3.05, 3.63) is 35.6 Å². The lowest BCUT2D eigenvalue weighted by Gasteiger charge is -2.17. The Bertz CT molecular complexity index is 568. The van der Waals surface area contributed by atoms with Crippen molar-refractivity contribution in [2.45, 2.75) is 24.7 Å². The van der Waals surface area contributed by atoms with Crippen LogP contribution < -0.4 is 5.32 Å². The number of hydrogen-bond acceptors (Lipinski definition) is 2. The Balaban J connectivity index is 1.60. The first kappa shape index (κ1) is 13.1. The largest absolute Gasteiger partial charge is 0.481 e. The number of amides is 1. The molecule has 0 aliphatic heterocycles. The fourth-order valence-electron chi connectivity index (χ4n) is 2.73. The van der Waals surface area contributed by atoms with Crippen molar-refractivity contribution in [2.75, 3.05) is 6.54 Å². The number of carbonyl (C=O) groups excluding carboxylic acids is 1. The van der Waals surface area contributed by atoms with E-state index in [-0.39, 0.29) is 17.1 Å². The first-order valence-corrected chi connectivity index (χ1v) is 6.79. The number of rotatable bonds is 5. The van der Waals surface area contributed by atoms with E-state index in [4.69, 9.17) is 5.11 Å². The van der Waals surface area contributed by atoms with Crippen LogP contribution in [0, 0.1) is 17.7 Å². The van der Waals surface area contributed by atoms with E-state index in [9.17, 15) is 14.0 Å². The second-order valence-corrected chi connectivity index (χ2v) is 5.76. The molecule has 2 aliphatic rings. The second-order valence-electron chi connectivity index (χ2n) is 5.76. The summed E-state index contributed by atoms with van der Waals surface area (Å²) in [6.45, 7) is 0.385. The van der Waals surface area contributed by atoms with E-state index in [1.54, 1.807) is 18.2 Å². The highest BCUT2D eigenvalue weighted by Crippen LogP contribution is 2.48. The van der Waals surface area contributed by atoms with E-state index in [2.05, 4.69) is 5.32 Å². The Labute approximate surface area is 116 Å². The normalized spacial score (nSPS) is 25.9. The summed E-state index contributed by atoms with van der Waals surface area (Å²) < 4.78 is 13.8. The highest BCUT2D eigenvalue weighted by molar-refractivity contribution is 5.89. The zero-order valence-corrected chi connectivity index (χ0v) is 10.9. The third kappa shape index (κ3) is 2.28. The molecule has 2 N–H and O–H groups in total. The maximum atomic E-state index is 13.8. The van der Waals surface area contributed by atoms with Gasteiger partial charge in [-0.3, -0.25) is 9.59 Å². The van der Waals surface area contributed by atoms with Gasteiger partial charge in [0.05, 0.1) is 11.8 Å². The van der Waals surface area contributed by atoms with Crippen LogP contribution in [0.4, 0.5) is 4.39 Å². The molecule has 0 bridgehead atoms. The summed E-state index contributed by atoms with van der Waals surface area (Å²) in [5.41, 5.74) is 0.347. The second kappa shape index (κ2) is 4.58. The molecule has 0 saturated heterocycles. The quantitative estimate of drug-likeness (QED) is 0.860. The topological polar surface area (TPSA) is 66.4 Å². The van der Waals surface area contributed by atoms with Crippen LogP contribution in [0.5, 0.6) is 0 Å². The predicted octanol–water partition coefficient (Wildman–Crippen LogP) is 1.69. The van der Waals surface area contributed by atoms with Gasteiger partial charge in [-0.2, -0.15) is 0 Å². The minimum Gasteiger partial charge on any atom is -0.481 e. The van der Waals surface area contributed by atoms with Crippen LogP contribution in [-0.4, -0.2) is 23.5 Å². The Morgan fingerprint density at radius 3 is 2.55 bits per heavy atom. The minimum atomic E-state index is -0.916. The van der Waals surface area contributed by atoms with E-state index in [0.29, 0.717) is 18.5 Å². The molecule has 0 spiro atoms. The molecule has 2 aliphatic carbocycles. The molecule has 106 valence electrons. The van der Waals surface area contributed by atoms with E-state index < -0.39 is 17.8 Å². The van der Waals surface area contributed by atoms with Gasteiger partial charge in [0.15, 0.2) is 0 Å². The van der Waals surface area contributed by atoms with Crippen molar-refractivity contribution in [3.63, 3.8) is 0 Å². The summed E-state index contributed by atoms with van der Waals surface area (Å²) >= 11 is 0. The Morgan fingerprint density at radius 1 is 1.30 bits per heavy atom. The summed E-state index contributed by atoms with van der Waals surface area (Å²) in [6, 6.07) is 6.63. The Kier molecular flexibility index (Phi) is 3.00. The van der Waals surface area contributed by atoms with E-state index in [1.807, 2.05) is 0 Å². The number of carbonyl (C=O) groups is 2. The maximum absolute atomic E-state index is 13.8. The predicted molar refractivity (Wildman–Crippen MR) is 69.6 cm³/mol. The van der Waals surface area contributed by atoms with Gasteiger partial charge in [-0.25, -0.2) is 4.39 Å². The molecule has 0 aromatic heterocycles. The summed E-state index contributed by atoms with van der Waals surface area (Å²) in [6.07, 6.45) is 2.11. The number of aliphatic carboxylic acids is 1. The molecule has 1 aromatic rings. The number of carboxylic acids is 1. The Hall–Kier alpha value is -1.91. The van der Waals surface area contributed by atoms with E-state index >= 15 is 0 Å². The standard InChI is InChI=1S/C15H16FNO3/c16-12-4-2-1-3-11(12)15(5-6-15)8-17-13(18)9-7-10(9)14(19)20/h1-4,9-10H,5-8H2,(H,17,18)(H,19,20)/t9-,10+/m0/s1. The number of halogens is 1. The summed E-state index contributed by atoms with van der Waals surface area (Å²) in [7, 11) is 0. The van der Waals surface area contributed by atoms with E-state index in [1.165, 1.54) is 6.07 Å². The first-order valence-electron chi connectivity index (χ1n) is 6.79. The first-order chi connectivity index (χ1) is 9.53. The van der Waals surface area contributed by atoms with Gasteiger partial charge in [-0.15, -0.1) is 0 Å². The van der Waals surface area contributed by atoms with Gasteiger partial charge in [0.1, 0.15) is 5.82 Å². The average Bonchev–Trinajstić information content (AvgIpc) is 3.30. The van der Waals surface area contributed by atoms with Crippen molar-refractivity contribution >= 4 is 11.9 Å². The molecule has 2 fully saturated rings. The van der Waals surface area contributed by atoms with Gasteiger partial charge in [0.25, 0.3) is 0 Å². The molecule has 0 heterocycles. The average molecular weight is 277 g/mol. The van der Waals surface area contributed by atoms with Gasteiger partial charge in [0.2, 0.25) is 5.91 Å². The number of hydrogen-bond donors (Lipinski definition) is 2. The van der Waals surface area contributed by atoms with Crippen molar-refractivity contribution in [1.29, 1.82) is 0 Å². The molecule has 2 atom stereocenters. The summed E-state index contributed by atoms with van der Waals surface area (Å²) in [4.78, 5) is 22.6. The zero-order chi connectivity index (χ0) is 14.3. The molecular formula is C15H16FNO3. The minimum absolute atomic E-state index is 0.222. The van der Waals surface area contributed by atoms with Gasteiger partial charge >= 0.3 is 5.97 Å². The van der Waals surface area contributed by atoms with Crippen molar-refractivity contribution < 1.29 is 19.1 Å². The van der Waals surface area contributed by atoms with Crippen molar-refractivity contribution in [2.24, 2.45) is 11.8 Å². The molecule has 1 aromatic carbocycles. The molecule has 3 rings (SSSR count). The number of benzene rings is 1. The van der Waals surface area contributed by atoms with Crippen LogP contribution in [0.1, 0.15) is 24.8 Å². The van der Waals surface area contributed by atoms with Gasteiger partial charge in [0, 0.05) is 12.0 Å². The molecule has 2 saturated carbocycles. The van der Waals surface area contributed by atoms with Crippen LogP contribution in [0.15, 0.2) is 24.3 Å². The summed E-state index contributed by atoms with van der Waals surface area (Å²) in [5.74, 6) is -2.34.